The molecule has 5 nitrogen and oxygen atoms in total. The van der Waals surface area contributed by atoms with E-state index in [4.69, 9.17) is 16.3 Å². The fourth-order valence-electron chi connectivity index (χ4n) is 2.65. The van der Waals surface area contributed by atoms with Gasteiger partial charge in [0.05, 0.1) is 6.61 Å². The van der Waals surface area contributed by atoms with Gasteiger partial charge in [-0.3, -0.25) is 0 Å². The molecule has 1 aliphatic rings. The lowest BCUT2D eigenvalue weighted by Crippen LogP contribution is -2.27. The molecule has 1 aromatic rings. The van der Waals surface area contributed by atoms with E-state index in [-0.39, 0.29) is 5.28 Å². The van der Waals surface area contributed by atoms with Crippen molar-refractivity contribution in [2.45, 2.75) is 46.5 Å². The zero-order valence-corrected chi connectivity index (χ0v) is 13.3. The monoisotopic (exact) mass is 298 g/mol. The number of ether oxygens (including phenoxy) is 1. The number of aromatic nitrogens is 3. The van der Waals surface area contributed by atoms with Crippen LogP contribution in [0.3, 0.4) is 0 Å². The molecule has 1 saturated heterocycles. The van der Waals surface area contributed by atoms with Crippen molar-refractivity contribution < 1.29 is 4.74 Å². The summed E-state index contributed by atoms with van der Waals surface area (Å²) in [7, 11) is 0. The highest BCUT2D eigenvalue weighted by atomic mass is 35.5. The topological polar surface area (TPSA) is 51.1 Å². The Morgan fingerprint density at radius 2 is 1.95 bits per heavy atom. The van der Waals surface area contributed by atoms with Crippen molar-refractivity contribution in [1.82, 2.24) is 15.0 Å². The lowest BCUT2D eigenvalue weighted by molar-refractivity contribution is 0.290. The third-order valence-corrected chi connectivity index (χ3v) is 4.40. The van der Waals surface area contributed by atoms with Crippen molar-refractivity contribution in [1.29, 1.82) is 0 Å². The molecule has 1 fully saturated rings. The fraction of sp³-hybridized carbons (Fsp3) is 0.786. The van der Waals surface area contributed by atoms with E-state index in [1.165, 1.54) is 19.3 Å². The summed E-state index contributed by atoms with van der Waals surface area (Å²) in [5.74, 6) is 0.639. The maximum Gasteiger partial charge on any atom is 0.322 e. The van der Waals surface area contributed by atoms with Gasteiger partial charge in [0, 0.05) is 13.1 Å². The van der Waals surface area contributed by atoms with Gasteiger partial charge in [0.25, 0.3) is 0 Å². The molecule has 0 aliphatic carbocycles. The highest BCUT2D eigenvalue weighted by Gasteiger charge is 2.36. The van der Waals surface area contributed by atoms with Gasteiger partial charge < -0.3 is 9.64 Å². The lowest BCUT2D eigenvalue weighted by Gasteiger charge is -2.26. The largest absolute Gasteiger partial charge is 0.463 e. The summed E-state index contributed by atoms with van der Waals surface area (Å²) in [5.41, 5.74) is 0.379. The van der Waals surface area contributed by atoms with Gasteiger partial charge in [0.15, 0.2) is 0 Å². The predicted octanol–water partition coefficient (Wildman–Crippen LogP) is 3.33. The number of nitrogens with zero attached hydrogens (tertiary/aromatic N) is 4. The van der Waals surface area contributed by atoms with E-state index in [0.29, 0.717) is 24.0 Å². The highest BCUT2D eigenvalue weighted by Crippen LogP contribution is 2.38. The van der Waals surface area contributed by atoms with Gasteiger partial charge in [-0.2, -0.15) is 15.0 Å². The number of anilines is 1. The van der Waals surface area contributed by atoms with Crippen LogP contribution in [-0.2, 0) is 0 Å². The van der Waals surface area contributed by atoms with Gasteiger partial charge >= 0.3 is 6.01 Å². The first-order valence-electron chi connectivity index (χ1n) is 7.42. The van der Waals surface area contributed by atoms with Crippen LogP contribution in [0, 0.1) is 5.41 Å². The molecule has 20 heavy (non-hydrogen) atoms. The van der Waals surface area contributed by atoms with E-state index in [0.717, 1.165) is 19.5 Å². The quantitative estimate of drug-likeness (QED) is 0.806. The molecule has 112 valence electrons. The third-order valence-electron chi connectivity index (χ3n) is 4.23. The molecule has 0 radical (unpaired) electrons. The van der Waals surface area contributed by atoms with E-state index in [1.54, 1.807) is 0 Å². The Balaban J connectivity index is 2.15. The summed E-state index contributed by atoms with van der Waals surface area (Å²) in [6.07, 6.45) is 4.45. The second kappa shape index (κ2) is 6.57. The fourth-order valence-corrected chi connectivity index (χ4v) is 2.80. The Bertz CT molecular complexity index is 451. The van der Waals surface area contributed by atoms with E-state index in [9.17, 15) is 0 Å². The van der Waals surface area contributed by atoms with Crippen LogP contribution in [0.5, 0.6) is 6.01 Å². The van der Waals surface area contributed by atoms with E-state index in [1.807, 2.05) is 6.92 Å². The maximum atomic E-state index is 5.98. The summed E-state index contributed by atoms with van der Waals surface area (Å²) in [5, 5.41) is 0.201. The van der Waals surface area contributed by atoms with Crippen LogP contribution in [0.1, 0.15) is 46.5 Å². The van der Waals surface area contributed by atoms with Gasteiger partial charge in [-0.05, 0) is 42.7 Å². The summed E-state index contributed by atoms with van der Waals surface area (Å²) >= 11 is 5.98. The summed E-state index contributed by atoms with van der Waals surface area (Å²) in [6.45, 7) is 9.09. The van der Waals surface area contributed by atoms with Gasteiger partial charge in [-0.1, -0.05) is 20.8 Å². The van der Waals surface area contributed by atoms with E-state index >= 15 is 0 Å². The zero-order chi connectivity index (χ0) is 14.6. The minimum Gasteiger partial charge on any atom is -0.463 e. The molecular weight excluding hydrogens is 276 g/mol. The summed E-state index contributed by atoms with van der Waals surface area (Å²) < 4.78 is 5.47. The van der Waals surface area contributed by atoms with Gasteiger partial charge in [0.2, 0.25) is 11.2 Å². The lowest BCUT2D eigenvalue weighted by atomic mass is 9.82. The molecule has 0 bridgehead atoms. The van der Waals surface area contributed by atoms with Crippen molar-refractivity contribution >= 4 is 17.5 Å². The average molecular weight is 299 g/mol. The van der Waals surface area contributed by atoms with Crippen LogP contribution in [0.25, 0.3) is 0 Å². The van der Waals surface area contributed by atoms with E-state index in [2.05, 4.69) is 33.7 Å². The first-order chi connectivity index (χ1) is 9.62. The molecule has 2 rings (SSSR count). The number of hydrogen-bond acceptors (Lipinski definition) is 5. The van der Waals surface area contributed by atoms with Crippen LogP contribution in [0.15, 0.2) is 0 Å². The molecule has 0 unspecified atom stereocenters. The number of hydrogen-bond donors (Lipinski definition) is 0. The first-order valence-corrected chi connectivity index (χ1v) is 7.79. The normalized spacial score (nSPS) is 17.5. The van der Waals surface area contributed by atoms with Crippen LogP contribution < -0.4 is 9.64 Å². The molecule has 6 heteroatoms. The van der Waals surface area contributed by atoms with Crippen molar-refractivity contribution in [2.75, 3.05) is 24.6 Å². The second-order valence-electron chi connectivity index (χ2n) is 5.41. The Kier molecular flexibility index (Phi) is 5.02. The Hall–Kier alpha value is -1.10. The third kappa shape index (κ3) is 3.32. The molecule has 0 N–H and O–H groups in total. The SMILES string of the molecule is CCCOc1nc(Cl)nc(N2CCC(CC)(CC)C2)n1. The molecule has 0 atom stereocenters. The molecular formula is C14H23ClN4O. The number of halogens is 1. The molecule has 0 aromatic carbocycles. The molecule has 0 amide bonds. The summed E-state index contributed by atoms with van der Waals surface area (Å²) in [6, 6.07) is 0.326. The highest BCUT2D eigenvalue weighted by molar-refractivity contribution is 6.28. The van der Waals surface area contributed by atoms with Crippen LogP contribution in [-0.4, -0.2) is 34.6 Å². The van der Waals surface area contributed by atoms with Crippen molar-refractivity contribution in [3.05, 3.63) is 5.28 Å². The molecule has 2 heterocycles. The van der Waals surface area contributed by atoms with Gasteiger partial charge in [0.1, 0.15) is 0 Å². The van der Waals surface area contributed by atoms with E-state index < -0.39 is 0 Å². The van der Waals surface area contributed by atoms with Crippen LogP contribution >= 0.6 is 11.6 Å². The Morgan fingerprint density at radius 3 is 2.55 bits per heavy atom. The predicted molar refractivity (Wildman–Crippen MR) is 80.5 cm³/mol. The minimum atomic E-state index is 0.201. The summed E-state index contributed by atoms with van der Waals surface area (Å²) in [4.78, 5) is 14.8. The van der Waals surface area contributed by atoms with Gasteiger partial charge in [-0.25, -0.2) is 0 Å². The molecule has 1 aliphatic heterocycles. The number of rotatable bonds is 6. The van der Waals surface area contributed by atoms with Crippen LogP contribution in [0.2, 0.25) is 5.28 Å². The second-order valence-corrected chi connectivity index (χ2v) is 5.75. The molecule has 1 aromatic heterocycles. The van der Waals surface area contributed by atoms with Crippen molar-refractivity contribution in [2.24, 2.45) is 5.41 Å². The minimum absolute atomic E-state index is 0.201. The maximum absolute atomic E-state index is 5.98. The Morgan fingerprint density at radius 1 is 1.20 bits per heavy atom. The van der Waals surface area contributed by atoms with Crippen molar-refractivity contribution in [3.63, 3.8) is 0 Å². The van der Waals surface area contributed by atoms with Crippen LogP contribution in [0.4, 0.5) is 5.95 Å². The molecule has 0 saturated carbocycles. The zero-order valence-electron chi connectivity index (χ0n) is 12.5. The van der Waals surface area contributed by atoms with Crippen molar-refractivity contribution in [3.8, 4) is 6.01 Å². The standard InChI is InChI=1S/C14H23ClN4O/c1-4-9-20-13-17-11(15)16-12(18-13)19-8-7-14(5-2,6-3)10-19/h4-10H2,1-3H3. The van der Waals surface area contributed by atoms with Gasteiger partial charge in [-0.15, -0.1) is 0 Å². The average Bonchev–Trinajstić information content (AvgIpc) is 2.90. The molecule has 0 spiro atoms. The first kappa shape index (κ1) is 15.3. The smallest absolute Gasteiger partial charge is 0.322 e. The Labute approximate surface area is 125 Å².